The molecule has 0 atom stereocenters. The van der Waals surface area contributed by atoms with Gasteiger partial charge in [-0.2, -0.15) is 8.42 Å². The molecule has 0 saturated carbocycles. The Kier molecular flexibility index (Phi) is 6.12. The van der Waals surface area contributed by atoms with Gasteiger partial charge in [-0.3, -0.25) is 14.0 Å². The van der Waals surface area contributed by atoms with Gasteiger partial charge in [0.25, 0.3) is 20.0 Å². The van der Waals surface area contributed by atoms with E-state index in [-0.39, 0.29) is 9.92 Å². The average Bonchev–Trinajstić information content (AvgIpc) is 2.85. The number of hydrogen-bond donors (Lipinski definition) is 1. The molecule has 1 N–H and O–H groups in total. The standard InChI is InChI=1S/C23H20N4O4S2/c1-27(33(30,31)23-10-4-5-16-25-23)19-13-11-18(12-14-19)21-8-2-3-9-22(21)26-32(28,29)20-7-6-15-24-17-20/h2-17,26H,1H3. The van der Waals surface area contributed by atoms with E-state index in [2.05, 4.69) is 14.7 Å². The highest BCUT2D eigenvalue weighted by Crippen LogP contribution is 2.31. The summed E-state index contributed by atoms with van der Waals surface area (Å²) >= 11 is 0. The van der Waals surface area contributed by atoms with E-state index in [1.54, 1.807) is 66.7 Å². The molecule has 0 aliphatic heterocycles. The van der Waals surface area contributed by atoms with Crippen LogP contribution in [0, 0.1) is 0 Å². The summed E-state index contributed by atoms with van der Waals surface area (Å²) in [5, 5.41) is -0.0493. The molecule has 4 aromatic rings. The first-order chi connectivity index (χ1) is 15.8. The Morgan fingerprint density at radius 1 is 0.788 bits per heavy atom. The summed E-state index contributed by atoms with van der Waals surface area (Å²) in [4.78, 5) is 7.85. The predicted octanol–water partition coefficient (Wildman–Crippen LogP) is 3.77. The molecule has 4 rings (SSSR count). The normalized spacial score (nSPS) is 11.7. The van der Waals surface area contributed by atoms with E-state index in [0.29, 0.717) is 22.5 Å². The molecule has 0 bridgehead atoms. The summed E-state index contributed by atoms with van der Waals surface area (Å²) in [5.74, 6) is 0. The third kappa shape index (κ3) is 4.71. The van der Waals surface area contributed by atoms with E-state index in [4.69, 9.17) is 0 Å². The van der Waals surface area contributed by atoms with Crippen molar-refractivity contribution in [1.29, 1.82) is 0 Å². The topological polar surface area (TPSA) is 109 Å². The molecule has 0 spiro atoms. The summed E-state index contributed by atoms with van der Waals surface area (Å²) in [5.41, 5.74) is 2.19. The Hall–Kier alpha value is -3.76. The van der Waals surface area contributed by atoms with Crippen LogP contribution in [0.1, 0.15) is 0 Å². The maximum Gasteiger partial charge on any atom is 0.281 e. The molecular weight excluding hydrogens is 460 g/mol. The largest absolute Gasteiger partial charge is 0.281 e. The van der Waals surface area contributed by atoms with Gasteiger partial charge in [0, 0.05) is 31.2 Å². The van der Waals surface area contributed by atoms with E-state index < -0.39 is 20.0 Å². The van der Waals surface area contributed by atoms with E-state index >= 15 is 0 Å². The van der Waals surface area contributed by atoms with Crippen molar-refractivity contribution in [1.82, 2.24) is 9.97 Å². The van der Waals surface area contributed by atoms with Crippen molar-refractivity contribution in [3.05, 3.63) is 97.5 Å². The molecule has 2 aromatic carbocycles. The fourth-order valence-corrected chi connectivity index (χ4v) is 5.33. The predicted molar refractivity (Wildman–Crippen MR) is 127 cm³/mol. The molecule has 0 unspecified atom stereocenters. The van der Waals surface area contributed by atoms with Crippen molar-refractivity contribution in [2.45, 2.75) is 9.92 Å². The molecule has 0 radical (unpaired) electrons. The Balaban J connectivity index is 1.63. The van der Waals surface area contributed by atoms with Crippen molar-refractivity contribution in [2.75, 3.05) is 16.1 Å². The number of nitrogens with one attached hydrogen (secondary N) is 1. The highest BCUT2D eigenvalue weighted by Gasteiger charge is 2.22. The lowest BCUT2D eigenvalue weighted by Gasteiger charge is -2.19. The molecule has 8 nitrogen and oxygen atoms in total. The second-order valence-electron chi connectivity index (χ2n) is 7.03. The lowest BCUT2D eigenvalue weighted by atomic mass is 10.0. The highest BCUT2D eigenvalue weighted by molar-refractivity contribution is 7.93. The van der Waals surface area contributed by atoms with E-state index in [1.807, 2.05) is 0 Å². The van der Waals surface area contributed by atoms with Gasteiger partial charge in [0.1, 0.15) is 4.90 Å². The number of aromatic nitrogens is 2. The number of hydrogen-bond acceptors (Lipinski definition) is 6. The van der Waals surface area contributed by atoms with Gasteiger partial charge in [-0.05, 0) is 48.0 Å². The van der Waals surface area contributed by atoms with Gasteiger partial charge in [-0.15, -0.1) is 0 Å². The van der Waals surface area contributed by atoms with Crippen LogP contribution in [0.2, 0.25) is 0 Å². The number of sulfonamides is 2. The molecule has 2 heterocycles. The van der Waals surface area contributed by atoms with Crippen LogP contribution in [0.25, 0.3) is 11.1 Å². The van der Waals surface area contributed by atoms with Crippen LogP contribution in [-0.2, 0) is 20.0 Å². The first-order valence-corrected chi connectivity index (χ1v) is 12.7. The van der Waals surface area contributed by atoms with E-state index in [9.17, 15) is 16.8 Å². The molecule has 0 aliphatic carbocycles. The second-order valence-corrected chi connectivity index (χ2v) is 10.6. The first-order valence-electron chi connectivity index (χ1n) is 9.81. The summed E-state index contributed by atoms with van der Waals surface area (Å²) in [6.07, 6.45) is 4.20. The van der Waals surface area contributed by atoms with Gasteiger partial charge in [0.05, 0.1) is 11.4 Å². The zero-order valence-corrected chi connectivity index (χ0v) is 19.2. The molecule has 10 heteroatoms. The molecule has 0 fully saturated rings. The third-order valence-electron chi connectivity index (χ3n) is 4.92. The smallest absolute Gasteiger partial charge is 0.279 e. The van der Waals surface area contributed by atoms with Crippen LogP contribution < -0.4 is 9.03 Å². The summed E-state index contributed by atoms with van der Waals surface area (Å²) in [7, 11) is -6.18. The van der Waals surface area contributed by atoms with Crippen LogP contribution in [-0.4, -0.2) is 33.9 Å². The number of anilines is 2. The summed E-state index contributed by atoms with van der Waals surface area (Å²) in [6, 6.07) is 21.4. The quantitative estimate of drug-likeness (QED) is 0.431. The lowest BCUT2D eigenvalue weighted by molar-refractivity contribution is 0.590. The van der Waals surface area contributed by atoms with Crippen molar-refractivity contribution >= 4 is 31.4 Å². The van der Waals surface area contributed by atoms with Crippen LogP contribution in [0.5, 0.6) is 0 Å². The van der Waals surface area contributed by atoms with Crippen molar-refractivity contribution in [3.63, 3.8) is 0 Å². The fraction of sp³-hybridized carbons (Fsp3) is 0.0435. The maximum atomic E-state index is 12.8. The van der Waals surface area contributed by atoms with Crippen LogP contribution in [0.15, 0.2) is 107 Å². The highest BCUT2D eigenvalue weighted by atomic mass is 32.2. The number of nitrogens with zero attached hydrogens (tertiary/aromatic N) is 3. The van der Waals surface area contributed by atoms with Gasteiger partial charge >= 0.3 is 0 Å². The summed E-state index contributed by atoms with van der Waals surface area (Å²) < 4.78 is 54.9. The zero-order chi connectivity index (χ0) is 23.5. The Labute approximate surface area is 192 Å². The molecular formula is C23H20N4O4S2. The number of para-hydroxylation sites is 1. The molecule has 33 heavy (non-hydrogen) atoms. The van der Waals surface area contributed by atoms with Crippen LogP contribution >= 0.6 is 0 Å². The van der Waals surface area contributed by atoms with Gasteiger partial charge in [-0.1, -0.05) is 36.4 Å². The van der Waals surface area contributed by atoms with Crippen LogP contribution in [0.4, 0.5) is 11.4 Å². The Morgan fingerprint density at radius 2 is 1.52 bits per heavy atom. The number of pyridine rings is 2. The fourth-order valence-electron chi connectivity index (χ4n) is 3.16. The second kappa shape index (κ2) is 9.00. The van der Waals surface area contributed by atoms with Crippen molar-refractivity contribution in [2.24, 2.45) is 0 Å². The lowest BCUT2D eigenvalue weighted by Crippen LogP contribution is -2.27. The molecule has 2 aromatic heterocycles. The molecule has 0 aliphatic rings. The number of benzene rings is 2. The van der Waals surface area contributed by atoms with Crippen molar-refractivity contribution < 1.29 is 16.8 Å². The average molecular weight is 481 g/mol. The van der Waals surface area contributed by atoms with Crippen molar-refractivity contribution in [3.8, 4) is 11.1 Å². The minimum absolute atomic E-state index is 0.0493. The summed E-state index contributed by atoms with van der Waals surface area (Å²) in [6.45, 7) is 0. The minimum atomic E-state index is -3.82. The van der Waals surface area contributed by atoms with Gasteiger partial charge < -0.3 is 0 Å². The zero-order valence-electron chi connectivity index (χ0n) is 17.5. The van der Waals surface area contributed by atoms with E-state index in [1.165, 1.54) is 37.8 Å². The third-order valence-corrected chi connectivity index (χ3v) is 7.97. The number of rotatable bonds is 7. The monoisotopic (exact) mass is 480 g/mol. The van der Waals surface area contributed by atoms with Gasteiger partial charge in [-0.25, -0.2) is 13.4 Å². The molecule has 0 amide bonds. The SMILES string of the molecule is CN(c1ccc(-c2ccccc2NS(=O)(=O)c2cccnc2)cc1)S(=O)(=O)c1ccccn1. The van der Waals surface area contributed by atoms with Gasteiger partial charge in [0.15, 0.2) is 5.03 Å². The van der Waals surface area contributed by atoms with Crippen LogP contribution in [0.3, 0.4) is 0 Å². The Morgan fingerprint density at radius 3 is 2.18 bits per heavy atom. The minimum Gasteiger partial charge on any atom is -0.279 e. The van der Waals surface area contributed by atoms with Gasteiger partial charge in [0.2, 0.25) is 0 Å². The van der Waals surface area contributed by atoms with E-state index in [0.717, 1.165) is 4.31 Å². The molecule has 0 saturated heterocycles. The first kappa shape index (κ1) is 22.4. The maximum absolute atomic E-state index is 12.8. The Bertz CT molecular complexity index is 1460. The molecule has 168 valence electrons.